The minimum atomic E-state index is -0.543. The standard InChI is InChI=1S/C31H38ClNO4/c1-2-36-30(34)23-25-37-31(35)27-17-21-29(22-18-27)33-24-13-11-9-7-5-3-4-6-8-10-12-14-26-15-19-28(32)20-16-26/h15-23,25,33H,2-11,13,24H2,1H3. The maximum absolute atomic E-state index is 12.0. The van der Waals surface area contributed by atoms with Crippen LogP contribution in [0.4, 0.5) is 5.69 Å². The van der Waals surface area contributed by atoms with E-state index in [1.807, 2.05) is 36.4 Å². The van der Waals surface area contributed by atoms with Crippen LogP contribution in [-0.2, 0) is 14.3 Å². The van der Waals surface area contributed by atoms with Gasteiger partial charge >= 0.3 is 11.9 Å². The summed E-state index contributed by atoms with van der Waals surface area (Å²) in [6, 6.07) is 14.8. The zero-order chi connectivity index (χ0) is 26.6. The van der Waals surface area contributed by atoms with Gasteiger partial charge < -0.3 is 14.8 Å². The largest absolute Gasteiger partial charge is 0.463 e. The van der Waals surface area contributed by atoms with Crippen molar-refractivity contribution in [2.75, 3.05) is 18.5 Å². The number of ether oxygens (including phenoxy) is 2. The third-order valence-corrected chi connectivity index (χ3v) is 5.92. The summed E-state index contributed by atoms with van der Waals surface area (Å²) in [5.41, 5.74) is 2.42. The van der Waals surface area contributed by atoms with Gasteiger partial charge in [0, 0.05) is 29.2 Å². The SMILES string of the molecule is CCOC(=O)C=COC(=O)c1ccc(NCCCCCCCCCCCC#Cc2ccc(Cl)cc2)cc1. The van der Waals surface area contributed by atoms with Crippen LogP contribution in [0.3, 0.4) is 0 Å². The van der Waals surface area contributed by atoms with E-state index in [4.69, 9.17) is 21.1 Å². The van der Waals surface area contributed by atoms with Gasteiger partial charge in [0.2, 0.25) is 0 Å². The highest BCUT2D eigenvalue weighted by Gasteiger charge is 2.06. The summed E-state index contributed by atoms with van der Waals surface area (Å²) in [5.74, 6) is 5.38. The zero-order valence-electron chi connectivity index (χ0n) is 21.8. The lowest BCUT2D eigenvalue weighted by atomic mass is 10.1. The molecule has 0 radical (unpaired) electrons. The Balaban J connectivity index is 1.43. The van der Waals surface area contributed by atoms with Crippen LogP contribution in [0.15, 0.2) is 60.9 Å². The number of esters is 2. The maximum Gasteiger partial charge on any atom is 0.342 e. The number of anilines is 1. The molecular weight excluding hydrogens is 486 g/mol. The summed E-state index contributed by atoms with van der Waals surface area (Å²) in [6.45, 7) is 2.89. The van der Waals surface area contributed by atoms with Crippen molar-refractivity contribution in [3.63, 3.8) is 0 Å². The fourth-order valence-electron chi connectivity index (χ4n) is 3.64. The fraction of sp³-hybridized carbons (Fsp3) is 0.419. The molecule has 0 bridgehead atoms. The molecule has 198 valence electrons. The van der Waals surface area contributed by atoms with Crippen molar-refractivity contribution in [1.29, 1.82) is 0 Å². The first-order valence-corrected chi connectivity index (χ1v) is 13.6. The first kappa shape index (κ1) is 30.0. The van der Waals surface area contributed by atoms with E-state index in [9.17, 15) is 9.59 Å². The molecule has 0 aliphatic heterocycles. The summed E-state index contributed by atoms with van der Waals surface area (Å²) in [4.78, 5) is 23.2. The van der Waals surface area contributed by atoms with Crippen molar-refractivity contribution in [2.24, 2.45) is 0 Å². The van der Waals surface area contributed by atoms with Crippen LogP contribution in [-0.4, -0.2) is 25.1 Å². The van der Waals surface area contributed by atoms with E-state index in [1.165, 1.54) is 51.4 Å². The first-order valence-electron chi connectivity index (χ1n) is 13.2. The fourth-order valence-corrected chi connectivity index (χ4v) is 3.77. The second kappa shape index (κ2) is 19.0. The summed E-state index contributed by atoms with van der Waals surface area (Å²) in [5, 5.41) is 4.13. The Kier molecular flexibility index (Phi) is 15.4. The first-order chi connectivity index (χ1) is 18.1. The number of benzene rings is 2. The molecule has 5 nitrogen and oxygen atoms in total. The molecule has 0 spiro atoms. The molecule has 0 aromatic heterocycles. The molecule has 0 saturated heterocycles. The van der Waals surface area contributed by atoms with Gasteiger partial charge in [-0.3, -0.25) is 0 Å². The molecule has 2 rings (SSSR count). The van der Waals surface area contributed by atoms with Gasteiger partial charge in [0.25, 0.3) is 0 Å². The summed E-state index contributed by atoms with van der Waals surface area (Å²) >= 11 is 5.88. The van der Waals surface area contributed by atoms with Crippen LogP contribution in [0.5, 0.6) is 0 Å². The van der Waals surface area contributed by atoms with Crippen LogP contribution in [0.2, 0.25) is 5.02 Å². The van der Waals surface area contributed by atoms with E-state index in [0.29, 0.717) is 5.56 Å². The van der Waals surface area contributed by atoms with Crippen molar-refractivity contribution in [3.05, 3.63) is 77.0 Å². The van der Waals surface area contributed by atoms with Gasteiger partial charge in [-0.15, -0.1) is 0 Å². The Bertz CT molecular complexity index is 1020. The lowest BCUT2D eigenvalue weighted by molar-refractivity contribution is -0.137. The van der Waals surface area contributed by atoms with Gasteiger partial charge in [0.15, 0.2) is 0 Å². The average Bonchev–Trinajstić information content (AvgIpc) is 2.90. The van der Waals surface area contributed by atoms with Gasteiger partial charge in [-0.1, -0.05) is 68.4 Å². The quantitative estimate of drug-likeness (QED) is 0.0795. The van der Waals surface area contributed by atoms with Gasteiger partial charge in [-0.25, -0.2) is 9.59 Å². The Labute approximate surface area is 226 Å². The molecule has 0 saturated carbocycles. The van der Waals surface area contributed by atoms with Crippen LogP contribution < -0.4 is 5.32 Å². The highest BCUT2D eigenvalue weighted by Crippen LogP contribution is 2.13. The Hall–Kier alpha value is -3.23. The van der Waals surface area contributed by atoms with E-state index in [-0.39, 0.29) is 6.61 Å². The number of halogens is 1. The molecule has 2 aromatic rings. The second-order valence-electron chi connectivity index (χ2n) is 8.70. The highest BCUT2D eigenvalue weighted by atomic mass is 35.5. The molecule has 0 aliphatic carbocycles. The number of carbonyl (C=O) groups excluding carboxylic acids is 2. The molecule has 6 heteroatoms. The summed E-state index contributed by atoms with van der Waals surface area (Å²) in [7, 11) is 0. The van der Waals surface area contributed by atoms with E-state index >= 15 is 0 Å². The molecule has 0 aliphatic rings. The normalized spacial score (nSPS) is 10.5. The van der Waals surface area contributed by atoms with Crippen molar-refractivity contribution in [2.45, 2.75) is 71.1 Å². The van der Waals surface area contributed by atoms with Gasteiger partial charge in [-0.05, 0) is 68.3 Å². The third-order valence-electron chi connectivity index (χ3n) is 5.67. The Morgan fingerprint density at radius 2 is 1.49 bits per heavy atom. The zero-order valence-corrected chi connectivity index (χ0v) is 22.5. The van der Waals surface area contributed by atoms with E-state index in [2.05, 4.69) is 17.2 Å². The predicted octanol–water partition coefficient (Wildman–Crippen LogP) is 7.94. The molecule has 0 heterocycles. The van der Waals surface area contributed by atoms with Crippen LogP contribution in [0.25, 0.3) is 0 Å². The topological polar surface area (TPSA) is 64.6 Å². The van der Waals surface area contributed by atoms with Crippen LogP contribution >= 0.6 is 11.6 Å². The van der Waals surface area contributed by atoms with Crippen LogP contribution in [0.1, 0.15) is 87.1 Å². The number of unbranched alkanes of at least 4 members (excludes halogenated alkanes) is 9. The van der Waals surface area contributed by atoms with E-state index in [1.54, 1.807) is 19.1 Å². The Morgan fingerprint density at radius 3 is 2.14 bits per heavy atom. The molecular formula is C31H38ClNO4. The molecule has 0 fully saturated rings. The Morgan fingerprint density at radius 1 is 0.865 bits per heavy atom. The lowest BCUT2D eigenvalue weighted by Gasteiger charge is -2.07. The number of rotatable bonds is 16. The summed E-state index contributed by atoms with van der Waals surface area (Å²) < 4.78 is 9.66. The van der Waals surface area contributed by atoms with Gasteiger partial charge in [-0.2, -0.15) is 0 Å². The minimum Gasteiger partial charge on any atom is -0.463 e. The average molecular weight is 524 g/mol. The smallest absolute Gasteiger partial charge is 0.342 e. The van der Waals surface area contributed by atoms with Crippen molar-refractivity contribution < 1.29 is 19.1 Å². The van der Waals surface area contributed by atoms with Gasteiger partial charge in [0.05, 0.1) is 18.2 Å². The molecule has 0 amide bonds. The third kappa shape index (κ3) is 14.2. The number of carbonyl (C=O) groups is 2. The van der Waals surface area contributed by atoms with Gasteiger partial charge in [0.1, 0.15) is 6.26 Å². The number of hydrogen-bond donors (Lipinski definition) is 1. The molecule has 37 heavy (non-hydrogen) atoms. The van der Waals surface area contributed by atoms with Crippen LogP contribution in [0, 0.1) is 11.8 Å². The molecule has 0 unspecified atom stereocenters. The number of nitrogens with one attached hydrogen (secondary N) is 1. The monoisotopic (exact) mass is 523 g/mol. The highest BCUT2D eigenvalue weighted by molar-refractivity contribution is 6.30. The predicted molar refractivity (Wildman–Crippen MR) is 151 cm³/mol. The lowest BCUT2D eigenvalue weighted by Crippen LogP contribution is -2.04. The maximum atomic E-state index is 12.0. The second-order valence-corrected chi connectivity index (χ2v) is 9.14. The molecule has 1 N–H and O–H groups in total. The van der Waals surface area contributed by atoms with E-state index in [0.717, 1.165) is 48.0 Å². The van der Waals surface area contributed by atoms with Crippen molar-refractivity contribution in [1.82, 2.24) is 0 Å². The molecule has 0 atom stereocenters. The minimum absolute atomic E-state index is 0.274. The van der Waals surface area contributed by atoms with Crippen molar-refractivity contribution in [3.8, 4) is 11.8 Å². The summed E-state index contributed by atoms with van der Waals surface area (Å²) in [6.07, 6.45) is 14.3. The van der Waals surface area contributed by atoms with Crippen molar-refractivity contribution >= 4 is 29.2 Å². The molecule has 2 aromatic carbocycles. The number of hydrogen-bond acceptors (Lipinski definition) is 5. The van der Waals surface area contributed by atoms with E-state index < -0.39 is 11.9 Å².